The van der Waals surface area contributed by atoms with Gasteiger partial charge in [0.05, 0.1) is 5.60 Å². The molecular formula is C12H17NO2. The van der Waals surface area contributed by atoms with Crippen molar-refractivity contribution in [2.75, 3.05) is 6.54 Å². The quantitative estimate of drug-likeness (QED) is 0.792. The first kappa shape index (κ1) is 11.7. The molecule has 2 N–H and O–H groups in total. The number of nitrogens with one attached hydrogen (secondary N) is 1. The number of hydrogen-bond donors (Lipinski definition) is 2. The summed E-state index contributed by atoms with van der Waals surface area (Å²) in [5.41, 5.74) is 0.408. The Kier molecular flexibility index (Phi) is 3.48. The van der Waals surface area contributed by atoms with Crippen LogP contribution in [-0.4, -0.2) is 17.6 Å². The van der Waals surface area contributed by atoms with Crippen molar-refractivity contribution in [3.63, 3.8) is 0 Å². The van der Waals surface area contributed by atoms with Crippen molar-refractivity contribution < 1.29 is 9.90 Å². The van der Waals surface area contributed by atoms with Crippen LogP contribution in [0.25, 0.3) is 0 Å². The predicted octanol–water partition coefficient (Wildman–Crippen LogP) is 1.66. The van der Waals surface area contributed by atoms with Crippen molar-refractivity contribution >= 4 is 5.91 Å². The van der Waals surface area contributed by atoms with Gasteiger partial charge in [0, 0.05) is 12.1 Å². The van der Waals surface area contributed by atoms with E-state index in [-0.39, 0.29) is 5.91 Å². The van der Waals surface area contributed by atoms with Gasteiger partial charge in [0.2, 0.25) is 0 Å². The molecule has 0 aromatic heterocycles. The zero-order chi connectivity index (χ0) is 11.5. The highest BCUT2D eigenvalue weighted by Crippen LogP contribution is 2.20. The number of carbonyl (C=O) groups is 1. The van der Waals surface area contributed by atoms with E-state index in [2.05, 4.69) is 5.32 Å². The third kappa shape index (κ3) is 3.06. The van der Waals surface area contributed by atoms with Crippen LogP contribution >= 0.6 is 0 Å². The molecule has 0 saturated heterocycles. The maximum atomic E-state index is 11.5. The summed E-state index contributed by atoms with van der Waals surface area (Å²) in [6.45, 7) is 5.87. The number of rotatable bonds is 3. The van der Waals surface area contributed by atoms with Crippen LogP contribution in [0.15, 0.2) is 24.3 Å². The summed E-state index contributed by atoms with van der Waals surface area (Å²) in [6.07, 6.45) is 0. The molecule has 15 heavy (non-hydrogen) atoms. The summed E-state index contributed by atoms with van der Waals surface area (Å²) < 4.78 is 0. The van der Waals surface area contributed by atoms with E-state index in [1.54, 1.807) is 32.0 Å². The van der Waals surface area contributed by atoms with E-state index in [0.717, 1.165) is 5.56 Å². The van der Waals surface area contributed by atoms with Crippen molar-refractivity contribution in [1.29, 1.82) is 0 Å². The van der Waals surface area contributed by atoms with E-state index in [9.17, 15) is 9.90 Å². The van der Waals surface area contributed by atoms with Gasteiger partial charge in [0.1, 0.15) is 0 Å². The smallest absolute Gasteiger partial charge is 0.251 e. The summed E-state index contributed by atoms with van der Waals surface area (Å²) in [4.78, 5) is 11.5. The Morgan fingerprint density at radius 2 is 2.13 bits per heavy atom. The van der Waals surface area contributed by atoms with Crippen LogP contribution in [0.4, 0.5) is 0 Å². The van der Waals surface area contributed by atoms with Gasteiger partial charge in [0.15, 0.2) is 0 Å². The van der Waals surface area contributed by atoms with Gasteiger partial charge in [0.25, 0.3) is 5.91 Å². The number of aliphatic hydroxyl groups is 1. The molecule has 1 aromatic carbocycles. The molecule has 3 heteroatoms. The molecule has 0 aliphatic rings. The molecule has 0 bridgehead atoms. The lowest BCUT2D eigenvalue weighted by atomic mass is 9.96. The van der Waals surface area contributed by atoms with E-state index in [1.165, 1.54) is 0 Å². The van der Waals surface area contributed by atoms with E-state index >= 15 is 0 Å². The highest BCUT2D eigenvalue weighted by molar-refractivity contribution is 5.94. The lowest BCUT2D eigenvalue weighted by Gasteiger charge is -2.18. The molecule has 0 fully saturated rings. The van der Waals surface area contributed by atoms with Gasteiger partial charge in [-0.25, -0.2) is 0 Å². The summed E-state index contributed by atoms with van der Waals surface area (Å²) in [7, 11) is 0. The average molecular weight is 207 g/mol. The molecule has 0 atom stereocenters. The van der Waals surface area contributed by atoms with Crippen LogP contribution in [0.3, 0.4) is 0 Å². The zero-order valence-electron chi connectivity index (χ0n) is 9.37. The Hall–Kier alpha value is -1.35. The van der Waals surface area contributed by atoms with Crippen LogP contribution in [-0.2, 0) is 5.60 Å². The zero-order valence-corrected chi connectivity index (χ0v) is 9.37. The maximum absolute atomic E-state index is 11.5. The lowest BCUT2D eigenvalue weighted by molar-refractivity contribution is 0.0784. The Labute approximate surface area is 90.1 Å². The maximum Gasteiger partial charge on any atom is 0.251 e. The molecule has 0 aliphatic carbocycles. The molecule has 0 spiro atoms. The van der Waals surface area contributed by atoms with E-state index in [4.69, 9.17) is 0 Å². The highest BCUT2D eigenvalue weighted by Gasteiger charge is 2.17. The number of carbonyl (C=O) groups excluding carboxylic acids is 1. The average Bonchev–Trinajstić information content (AvgIpc) is 2.17. The van der Waals surface area contributed by atoms with Crippen LogP contribution in [0.5, 0.6) is 0 Å². The first-order valence-electron chi connectivity index (χ1n) is 5.06. The van der Waals surface area contributed by atoms with Crippen molar-refractivity contribution in [1.82, 2.24) is 5.32 Å². The van der Waals surface area contributed by atoms with Crippen LogP contribution in [0.1, 0.15) is 36.7 Å². The monoisotopic (exact) mass is 207 g/mol. The molecule has 82 valence electrons. The van der Waals surface area contributed by atoms with Crippen molar-refractivity contribution in [3.05, 3.63) is 35.4 Å². The Balaban J connectivity index is 2.98. The molecule has 3 nitrogen and oxygen atoms in total. The van der Waals surface area contributed by atoms with E-state index in [1.807, 2.05) is 13.0 Å². The fourth-order valence-electron chi connectivity index (χ4n) is 1.30. The topological polar surface area (TPSA) is 49.3 Å². The molecular weight excluding hydrogens is 190 g/mol. The lowest BCUT2D eigenvalue weighted by Crippen LogP contribution is -2.23. The van der Waals surface area contributed by atoms with E-state index in [0.29, 0.717) is 12.1 Å². The molecule has 0 heterocycles. The summed E-state index contributed by atoms with van der Waals surface area (Å²) >= 11 is 0. The molecule has 0 saturated carbocycles. The Bertz CT molecular complexity index is 353. The minimum Gasteiger partial charge on any atom is -0.386 e. The van der Waals surface area contributed by atoms with Gasteiger partial charge < -0.3 is 10.4 Å². The minimum absolute atomic E-state index is 0.108. The first-order chi connectivity index (χ1) is 6.95. The van der Waals surface area contributed by atoms with Gasteiger partial charge in [-0.1, -0.05) is 12.1 Å². The number of hydrogen-bond acceptors (Lipinski definition) is 2. The molecule has 1 amide bonds. The second-order valence-corrected chi connectivity index (χ2v) is 4.00. The molecule has 0 aliphatic heterocycles. The predicted molar refractivity (Wildman–Crippen MR) is 59.7 cm³/mol. The van der Waals surface area contributed by atoms with Gasteiger partial charge in [-0.2, -0.15) is 0 Å². The molecule has 0 unspecified atom stereocenters. The number of amides is 1. The van der Waals surface area contributed by atoms with Gasteiger partial charge >= 0.3 is 0 Å². The van der Waals surface area contributed by atoms with Crippen molar-refractivity contribution in [3.8, 4) is 0 Å². The molecule has 1 rings (SSSR count). The van der Waals surface area contributed by atoms with E-state index < -0.39 is 5.60 Å². The summed E-state index contributed by atoms with van der Waals surface area (Å²) in [6, 6.07) is 7.03. The van der Waals surface area contributed by atoms with Crippen LogP contribution in [0, 0.1) is 0 Å². The van der Waals surface area contributed by atoms with Crippen molar-refractivity contribution in [2.24, 2.45) is 0 Å². The highest BCUT2D eigenvalue weighted by atomic mass is 16.3. The minimum atomic E-state index is -0.914. The standard InChI is InChI=1S/C12H17NO2/c1-4-13-11(14)9-6-5-7-10(8-9)12(2,3)15/h5-8,15H,4H2,1-3H3,(H,13,14). The van der Waals surface area contributed by atoms with Crippen LogP contribution in [0.2, 0.25) is 0 Å². The third-order valence-corrected chi connectivity index (χ3v) is 2.17. The van der Waals surface area contributed by atoms with Gasteiger partial charge in [-0.05, 0) is 38.5 Å². The summed E-state index contributed by atoms with van der Waals surface area (Å²) in [5.74, 6) is -0.108. The Morgan fingerprint density at radius 1 is 1.47 bits per heavy atom. The second-order valence-electron chi connectivity index (χ2n) is 4.00. The molecule has 0 radical (unpaired) electrons. The fraction of sp³-hybridized carbons (Fsp3) is 0.417. The Morgan fingerprint density at radius 3 is 2.67 bits per heavy atom. The SMILES string of the molecule is CCNC(=O)c1cccc(C(C)(C)O)c1. The first-order valence-corrected chi connectivity index (χ1v) is 5.06. The second kappa shape index (κ2) is 4.45. The summed E-state index contributed by atoms with van der Waals surface area (Å²) in [5, 5.41) is 12.5. The van der Waals surface area contributed by atoms with Crippen LogP contribution < -0.4 is 5.32 Å². The third-order valence-electron chi connectivity index (χ3n) is 2.17. The number of benzene rings is 1. The normalized spacial score (nSPS) is 11.2. The molecule has 1 aromatic rings. The van der Waals surface area contributed by atoms with Crippen molar-refractivity contribution in [2.45, 2.75) is 26.4 Å². The van der Waals surface area contributed by atoms with Gasteiger partial charge in [-0.15, -0.1) is 0 Å². The fourth-order valence-corrected chi connectivity index (χ4v) is 1.30. The largest absolute Gasteiger partial charge is 0.386 e. The van der Waals surface area contributed by atoms with Gasteiger partial charge in [-0.3, -0.25) is 4.79 Å².